The van der Waals surface area contributed by atoms with Crippen molar-refractivity contribution in [3.8, 4) is 0 Å². The number of carbonyl (C=O) groups is 6. The number of ether oxygens (including phenoxy) is 1. The standard InChI is InChI=1S/C37H56N6O7/c1-35(2,3)25(20-50-34(49)39-18-22-13-10-9-11-14-22)41-33(48)42-29(36(4,5)6)32(47)43-19-23-26(37(23,7)8)27(43)31(46)40-24(28(44)30(38)45)17-21-15-12-16-21/h9-11,13-14,21,23-27,29H,12,15-20H2,1-8H3,(H2,38,45)(H,39,49)(H,40,46)(H2,41,42,48)/t23-,24?,25+,26-,27-,29+/m0/s1. The first kappa shape index (κ1) is 38.6. The van der Waals surface area contributed by atoms with Gasteiger partial charge in [0.2, 0.25) is 17.6 Å². The van der Waals surface area contributed by atoms with Gasteiger partial charge >= 0.3 is 12.1 Å². The van der Waals surface area contributed by atoms with Crippen molar-refractivity contribution in [3.63, 3.8) is 0 Å². The van der Waals surface area contributed by atoms with E-state index in [-0.39, 0.29) is 29.8 Å². The Balaban J connectivity index is 1.44. The van der Waals surface area contributed by atoms with E-state index in [0.717, 1.165) is 24.8 Å². The molecular formula is C37H56N6O7. The van der Waals surface area contributed by atoms with Gasteiger partial charge < -0.3 is 36.6 Å². The summed E-state index contributed by atoms with van der Waals surface area (Å²) in [4.78, 5) is 80.4. The molecule has 3 aliphatic rings. The molecule has 6 N–H and O–H groups in total. The van der Waals surface area contributed by atoms with Gasteiger partial charge in [0, 0.05) is 13.1 Å². The number of hydrogen-bond donors (Lipinski definition) is 5. The number of nitrogens with two attached hydrogens (primary N) is 1. The van der Waals surface area contributed by atoms with Gasteiger partial charge in [-0.3, -0.25) is 19.2 Å². The third kappa shape index (κ3) is 9.14. The number of carbonyl (C=O) groups excluding carboxylic acids is 6. The molecule has 6 atom stereocenters. The van der Waals surface area contributed by atoms with E-state index in [0.29, 0.717) is 19.5 Å². The summed E-state index contributed by atoms with van der Waals surface area (Å²) in [5.74, 6) is -2.74. The van der Waals surface area contributed by atoms with Gasteiger partial charge in [-0.1, -0.05) is 105 Å². The highest BCUT2D eigenvalue weighted by Gasteiger charge is 2.70. The van der Waals surface area contributed by atoms with Crippen LogP contribution in [0.3, 0.4) is 0 Å². The predicted octanol–water partition coefficient (Wildman–Crippen LogP) is 3.25. The lowest BCUT2D eigenvalue weighted by Crippen LogP contribution is -2.62. The molecule has 1 aromatic rings. The molecular weight excluding hydrogens is 640 g/mol. The largest absolute Gasteiger partial charge is 0.447 e. The Kier molecular flexibility index (Phi) is 11.6. The molecule has 4 rings (SSSR count). The number of likely N-dealkylation sites (tertiary alicyclic amines) is 1. The summed E-state index contributed by atoms with van der Waals surface area (Å²) in [6.45, 7) is 15.8. The SMILES string of the molecule is CC(C)(C)[C@H](NC(=O)N[C@H](COC(=O)NCc1ccccc1)C(C)(C)C)C(=O)N1C[C@H]2[C@@H]([C@H]1C(=O)NC(CC1CCC1)C(=O)C(N)=O)C2(C)C. The molecule has 1 unspecified atom stereocenters. The molecule has 1 aliphatic heterocycles. The van der Waals surface area contributed by atoms with E-state index in [1.165, 1.54) is 4.90 Å². The zero-order valence-corrected chi connectivity index (χ0v) is 30.8. The molecule has 0 aromatic heterocycles. The summed E-state index contributed by atoms with van der Waals surface area (Å²) in [5, 5.41) is 11.2. The number of amides is 6. The molecule has 2 aliphatic carbocycles. The first-order valence-corrected chi connectivity index (χ1v) is 17.7. The minimum absolute atomic E-state index is 0.0593. The normalized spacial score (nSPS) is 22.9. The van der Waals surface area contributed by atoms with Gasteiger partial charge in [-0.2, -0.15) is 0 Å². The van der Waals surface area contributed by atoms with E-state index in [1.54, 1.807) is 0 Å². The van der Waals surface area contributed by atoms with Gasteiger partial charge in [0.25, 0.3) is 5.91 Å². The van der Waals surface area contributed by atoms with Gasteiger partial charge in [-0.05, 0) is 46.0 Å². The molecule has 13 nitrogen and oxygen atoms in total. The summed E-state index contributed by atoms with van der Waals surface area (Å²) >= 11 is 0. The Bertz CT molecular complexity index is 1450. The minimum atomic E-state index is -1.10. The fourth-order valence-corrected chi connectivity index (χ4v) is 7.17. The average Bonchev–Trinajstić information content (AvgIpc) is 3.31. The quantitative estimate of drug-likeness (QED) is 0.196. The van der Waals surface area contributed by atoms with Crippen molar-refractivity contribution in [1.82, 2.24) is 26.2 Å². The van der Waals surface area contributed by atoms with Crippen LogP contribution in [0.2, 0.25) is 0 Å². The molecule has 6 amide bonds. The van der Waals surface area contributed by atoms with Crippen LogP contribution >= 0.6 is 0 Å². The van der Waals surface area contributed by atoms with Crippen LogP contribution in [0.15, 0.2) is 30.3 Å². The number of nitrogens with one attached hydrogen (secondary N) is 4. The number of fused-ring (bicyclic) bond motifs is 1. The number of rotatable bonds is 13. The van der Waals surface area contributed by atoms with Crippen LogP contribution in [0.4, 0.5) is 9.59 Å². The Hall–Kier alpha value is -4.16. The topological polar surface area (TPSA) is 189 Å². The molecule has 0 bridgehead atoms. The maximum atomic E-state index is 14.4. The molecule has 0 spiro atoms. The zero-order valence-electron chi connectivity index (χ0n) is 30.8. The van der Waals surface area contributed by atoms with Crippen LogP contribution in [0.1, 0.15) is 86.6 Å². The Morgan fingerprint density at radius 1 is 0.940 bits per heavy atom. The van der Waals surface area contributed by atoms with Crippen molar-refractivity contribution in [1.29, 1.82) is 0 Å². The van der Waals surface area contributed by atoms with Crippen LogP contribution in [-0.2, 0) is 30.5 Å². The molecule has 1 heterocycles. The highest BCUT2D eigenvalue weighted by molar-refractivity contribution is 6.37. The van der Waals surface area contributed by atoms with E-state index in [4.69, 9.17) is 10.5 Å². The fraction of sp³-hybridized carbons (Fsp3) is 0.676. The maximum absolute atomic E-state index is 14.4. The first-order valence-electron chi connectivity index (χ1n) is 17.7. The van der Waals surface area contributed by atoms with E-state index < -0.39 is 70.6 Å². The summed E-state index contributed by atoms with van der Waals surface area (Å²) in [6, 6.07) is 5.22. The summed E-state index contributed by atoms with van der Waals surface area (Å²) < 4.78 is 5.46. The summed E-state index contributed by atoms with van der Waals surface area (Å²) in [5.41, 5.74) is 4.79. The number of nitrogens with zero attached hydrogens (tertiary/aromatic N) is 1. The van der Waals surface area contributed by atoms with E-state index >= 15 is 0 Å². The second-order valence-corrected chi connectivity index (χ2v) is 17.0. The Morgan fingerprint density at radius 2 is 1.58 bits per heavy atom. The highest BCUT2D eigenvalue weighted by Crippen LogP contribution is 2.65. The number of alkyl carbamates (subject to hydrolysis) is 1. The third-order valence-corrected chi connectivity index (χ3v) is 10.8. The van der Waals surface area contributed by atoms with Gasteiger partial charge in [0.1, 0.15) is 18.7 Å². The van der Waals surface area contributed by atoms with E-state index in [2.05, 4.69) is 35.1 Å². The predicted molar refractivity (Wildman–Crippen MR) is 187 cm³/mol. The van der Waals surface area contributed by atoms with E-state index in [1.807, 2.05) is 71.9 Å². The molecule has 1 aromatic carbocycles. The molecule has 13 heteroatoms. The van der Waals surface area contributed by atoms with Crippen molar-refractivity contribution in [2.75, 3.05) is 13.2 Å². The minimum Gasteiger partial charge on any atom is -0.447 e. The number of benzene rings is 1. The van der Waals surface area contributed by atoms with Crippen LogP contribution in [0.5, 0.6) is 0 Å². The average molecular weight is 697 g/mol. The van der Waals surface area contributed by atoms with Crippen LogP contribution < -0.4 is 27.0 Å². The second-order valence-electron chi connectivity index (χ2n) is 17.0. The van der Waals surface area contributed by atoms with Gasteiger partial charge in [-0.15, -0.1) is 0 Å². The lowest BCUT2D eigenvalue weighted by atomic mass is 9.80. The lowest BCUT2D eigenvalue weighted by molar-refractivity contribution is -0.145. The second kappa shape index (κ2) is 15.0. The maximum Gasteiger partial charge on any atom is 0.407 e. The van der Waals surface area contributed by atoms with Crippen LogP contribution in [0, 0.1) is 34.0 Å². The summed E-state index contributed by atoms with van der Waals surface area (Å²) in [7, 11) is 0. The number of urea groups is 1. The number of Topliss-reactive ketones (excluding diaryl/α,β-unsaturated/α-hetero) is 1. The van der Waals surface area contributed by atoms with E-state index in [9.17, 15) is 28.8 Å². The van der Waals surface area contributed by atoms with Crippen LogP contribution in [-0.4, -0.2) is 77.8 Å². The van der Waals surface area contributed by atoms with Crippen molar-refractivity contribution in [3.05, 3.63) is 35.9 Å². The number of piperidine rings is 1. The zero-order chi connectivity index (χ0) is 37.2. The van der Waals surface area contributed by atoms with Crippen molar-refractivity contribution >= 4 is 35.6 Å². The lowest BCUT2D eigenvalue weighted by Gasteiger charge is -2.39. The monoisotopic (exact) mass is 696 g/mol. The molecule has 2 saturated carbocycles. The third-order valence-electron chi connectivity index (χ3n) is 10.8. The van der Waals surface area contributed by atoms with Gasteiger partial charge in [-0.25, -0.2) is 9.59 Å². The van der Waals surface area contributed by atoms with Gasteiger partial charge in [0.05, 0.1) is 12.1 Å². The molecule has 1 saturated heterocycles. The Morgan fingerprint density at radius 3 is 2.12 bits per heavy atom. The number of hydrogen-bond acceptors (Lipinski definition) is 7. The number of primary amides is 1. The highest BCUT2D eigenvalue weighted by atomic mass is 16.5. The number of ketones is 1. The van der Waals surface area contributed by atoms with Gasteiger partial charge in [0.15, 0.2) is 0 Å². The summed E-state index contributed by atoms with van der Waals surface area (Å²) in [6.07, 6.45) is 2.55. The Labute approximate surface area is 295 Å². The molecule has 0 radical (unpaired) electrons. The van der Waals surface area contributed by atoms with Crippen molar-refractivity contribution < 1.29 is 33.5 Å². The first-order chi connectivity index (χ1) is 23.2. The molecule has 276 valence electrons. The smallest absolute Gasteiger partial charge is 0.407 e. The fourth-order valence-electron chi connectivity index (χ4n) is 7.17. The van der Waals surface area contributed by atoms with Crippen molar-refractivity contribution in [2.24, 2.45) is 39.7 Å². The molecule has 3 fully saturated rings. The molecule has 50 heavy (non-hydrogen) atoms. The van der Waals surface area contributed by atoms with Crippen LogP contribution in [0.25, 0.3) is 0 Å². The van der Waals surface area contributed by atoms with Crippen molar-refractivity contribution in [2.45, 2.75) is 112 Å².